The van der Waals surface area contributed by atoms with E-state index in [0.29, 0.717) is 15.7 Å². The van der Waals surface area contributed by atoms with Crippen LogP contribution >= 0.6 is 23.2 Å². The van der Waals surface area contributed by atoms with Gasteiger partial charge in [0.1, 0.15) is 6.04 Å². The molecule has 5 nitrogen and oxygen atoms in total. The van der Waals surface area contributed by atoms with Crippen LogP contribution in [0.15, 0.2) is 48.5 Å². The van der Waals surface area contributed by atoms with Gasteiger partial charge in [-0.05, 0) is 36.8 Å². The minimum absolute atomic E-state index is 0.204. The zero-order chi connectivity index (χ0) is 18.6. The van der Waals surface area contributed by atoms with Crippen molar-refractivity contribution in [2.24, 2.45) is 0 Å². The highest BCUT2D eigenvalue weighted by Crippen LogP contribution is 2.24. The number of hydrogen-bond acceptors (Lipinski definition) is 3. The number of sulfonamides is 1. The molecule has 8 heteroatoms. The summed E-state index contributed by atoms with van der Waals surface area (Å²) in [6, 6.07) is 12.5. The van der Waals surface area contributed by atoms with Crippen molar-refractivity contribution in [1.82, 2.24) is 5.32 Å². The molecule has 0 aliphatic heterocycles. The number of carbonyl (C=O) groups is 1. The van der Waals surface area contributed by atoms with Gasteiger partial charge in [0.05, 0.1) is 11.9 Å². The van der Waals surface area contributed by atoms with Crippen molar-refractivity contribution in [3.63, 3.8) is 0 Å². The molecule has 0 fully saturated rings. The smallest absolute Gasteiger partial charge is 0.243 e. The summed E-state index contributed by atoms with van der Waals surface area (Å²) in [6.07, 6.45) is 1.05. The van der Waals surface area contributed by atoms with E-state index in [0.717, 1.165) is 16.1 Å². The first-order chi connectivity index (χ1) is 11.7. The second-order valence-corrected chi connectivity index (χ2v) is 8.23. The first-order valence-electron chi connectivity index (χ1n) is 7.46. The first-order valence-corrected chi connectivity index (χ1v) is 10.1. The quantitative estimate of drug-likeness (QED) is 0.806. The third-order valence-electron chi connectivity index (χ3n) is 3.56. The molecule has 25 heavy (non-hydrogen) atoms. The van der Waals surface area contributed by atoms with Crippen molar-refractivity contribution < 1.29 is 13.2 Å². The highest BCUT2D eigenvalue weighted by molar-refractivity contribution is 7.92. The molecular weight excluding hydrogens is 383 g/mol. The molecule has 0 radical (unpaired) electrons. The molecule has 0 heterocycles. The molecule has 0 aliphatic carbocycles. The molecule has 0 bridgehead atoms. The van der Waals surface area contributed by atoms with Gasteiger partial charge in [0, 0.05) is 16.6 Å². The molecule has 0 aliphatic rings. The van der Waals surface area contributed by atoms with Gasteiger partial charge in [0.2, 0.25) is 15.9 Å². The lowest BCUT2D eigenvalue weighted by molar-refractivity contribution is -0.122. The topological polar surface area (TPSA) is 66.5 Å². The van der Waals surface area contributed by atoms with Gasteiger partial charge in [-0.2, -0.15) is 0 Å². The van der Waals surface area contributed by atoms with Crippen LogP contribution in [0.1, 0.15) is 12.5 Å². The Balaban J connectivity index is 2.20. The van der Waals surface area contributed by atoms with Crippen LogP contribution in [-0.4, -0.2) is 26.6 Å². The van der Waals surface area contributed by atoms with Gasteiger partial charge in [0.25, 0.3) is 0 Å². The zero-order valence-electron chi connectivity index (χ0n) is 13.7. The summed E-state index contributed by atoms with van der Waals surface area (Å²) in [5.41, 5.74) is 1.08. The summed E-state index contributed by atoms with van der Waals surface area (Å²) in [5.74, 6) is -0.440. The molecule has 0 unspecified atom stereocenters. The molecule has 0 aromatic heterocycles. The Morgan fingerprint density at radius 3 is 2.44 bits per heavy atom. The lowest BCUT2D eigenvalue weighted by Crippen LogP contribution is -2.47. The average Bonchev–Trinajstić information content (AvgIpc) is 2.52. The molecule has 0 saturated heterocycles. The lowest BCUT2D eigenvalue weighted by Gasteiger charge is -2.28. The number of amides is 1. The van der Waals surface area contributed by atoms with E-state index >= 15 is 0 Å². The summed E-state index contributed by atoms with van der Waals surface area (Å²) in [6.45, 7) is 1.72. The molecular formula is C17H18Cl2N2O3S. The predicted octanol–water partition coefficient (Wildman–Crippen LogP) is 3.46. The molecule has 0 spiro atoms. The largest absolute Gasteiger partial charge is 0.350 e. The minimum atomic E-state index is -3.68. The van der Waals surface area contributed by atoms with Crippen LogP contribution in [0, 0.1) is 0 Å². The maximum atomic E-state index is 12.5. The van der Waals surface area contributed by atoms with Gasteiger partial charge >= 0.3 is 0 Å². The predicted molar refractivity (Wildman–Crippen MR) is 102 cm³/mol. The van der Waals surface area contributed by atoms with E-state index < -0.39 is 22.0 Å². The lowest BCUT2D eigenvalue weighted by atomic mass is 10.2. The maximum Gasteiger partial charge on any atom is 0.243 e. The maximum absolute atomic E-state index is 12.5. The number of rotatable bonds is 6. The van der Waals surface area contributed by atoms with Gasteiger partial charge in [-0.3, -0.25) is 9.10 Å². The zero-order valence-corrected chi connectivity index (χ0v) is 16.1. The second-order valence-electron chi connectivity index (χ2n) is 5.52. The van der Waals surface area contributed by atoms with Crippen LogP contribution < -0.4 is 9.62 Å². The fourth-order valence-corrected chi connectivity index (χ4v) is 3.95. The Bertz CT molecular complexity index is 872. The molecule has 134 valence electrons. The van der Waals surface area contributed by atoms with Crippen LogP contribution in [-0.2, 0) is 21.4 Å². The Morgan fingerprint density at radius 2 is 1.84 bits per heavy atom. The fourth-order valence-electron chi connectivity index (χ4n) is 2.39. The Labute approximate surface area is 157 Å². The Hall–Kier alpha value is -1.76. The molecule has 0 saturated carbocycles. The summed E-state index contributed by atoms with van der Waals surface area (Å²) < 4.78 is 25.4. The van der Waals surface area contributed by atoms with Gasteiger partial charge in [-0.25, -0.2) is 8.42 Å². The van der Waals surface area contributed by atoms with E-state index in [-0.39, 0.29) is 6.54 Å². The van der Waals surface area contributed by atoms with Gasteiger partial charge in [-0.1, -0.05) is 47.5 Å². The van der Waals surface area contributed by atoms with Gasteiger partial charge in [-0.15, -0.1) is 0 Å². The van der Waals surface area contributed by atoms with Crippen molar-refractivity contribution in [2.75, 3.05) is 10.6 Å². The van der Waals surface area contributed by atoms with Crippen molar-refractivity contribution in [1.29, 1.82) is 0 Å². The van der Waals surface area contributed by atoms with Crippen molar-refractivity contribution >= 4 is 44.8 Å². The third kappa shape index (κ3) is 5.11. The average molecular weight is 401 g/mol. The fraction of sp³-hybridized carbons (Fsp3) is 0.235. The number of nitrogens with one attached hydrogen (secondary N) is 1. The number of carbonyl (C=O) groups excluding carboxylic acids is 1. The number of halogens is 2. The van der Waals surface area contributed by atoms with Crippen LogP contribution in [0.2, 0.25) is 10.0 Å². The van der Waals surface area contributed by atoms with E-state index in [4.69, 9.17) is 23.2 Å². The van der Waals surface area contributed by atoms with E-state index in [2.05, 4.69) is 5.32 Å². The summed E-state index contributed by atoms with van der Waals surface area (Å²) in [5, 5.41) is 3.63. The van der Waals surface area contributed by atoms with Gasteiger partial charge in [0.15, 0.2) is 0 Å². The van der Waals surface area contributed by atoms with Crippen LogP contribution in [0.4, 0.5) is 5.69 Å². The SMILES string of the molecule is C[C@@H](C(=O)NCc1ccccc1Cl)N(c1cccc(Cl)c1)S(C)(=O)=O. The number of hydrogen-bond donors (Lipinski definition) is 1. The normalized spacial score (nSPS) is 12.5. The van der Waals surface area contributed by atoms with E-state index in [1.165, 1.54) is 13.0 Å². The molecule has 1 N–H and O–H groups in total. The van der Waals surface area contributed by atoms with Crippen LogP contribution in [0.3, 0.4) is 0 Å². The minimum Gasteiger partial charge on any atom is -0.350 e. The molecule has 1 atom stereocenters. The van der Waals surface area contributed by atoms with Gasteiger partial charge < -0.3 is 5.32 Å². The van der Waals surface area contributed by atoms with Crippen molar-refractivity contribution in [2.45, 2.75) is 19.5 Å². The molecule has 1 amide bonds. The standard InChI is InChI=1S/C17H18Cl2N2O3S/c1-12(17(22)20-11-13-6-3-4-9-16(13)19)21(25(2,23)24)15-8-5-7-14(18)10-15/h3-10,12H,11H2,1-2H3,(H,20,22)/t12-/m0/s1. The second kappa shape index (κ2) is 8.08. The van der Waals surface area contributed by atoms with E-state index in [1.807, 2.05) is 6.07 Å². The van der Waals surface area contributed by atoms with Crippen molar-refractivity contribution in [3.8, 4) is 0 Å². The van der Waals surface area contributed by atoms with Crippen LogP contribution in [0.5, 0.6) is 0 Å². The summed E-state index contributed by atoms with van der Waals surface area (Å²) in [7, 11) is -3.68. The number of nitrogens with zero attached hydrogens (tertiary/aromatic N) is 1. The number of benzene rings is 2. The highest BCUT2D eigenvalue weighted by atomic mass is 35.5. The highest BCUT2D eigenvalue weighted by Gasteiger charge is 2.29. The summed E-state index contributed by atoms with van der Waals surface area (Å²) >= 11 is 12.0. The molecule has 2 aromatic carbocycles. The molecule has 2 aromatic rings. The third-order valence-corrected chi connectivity index (χ3v) is 5.41. The van der Waals surface area contributed by atoms with E-state index in [1.54, 1.807) is 36.4 Å². The Morgan fingerprint density at radius 1 is 1.16 bits per heavy atom. The van der Waals surface area contributed by atoms with Crippen LogP contribution in [0.25, 0.3) is 0 Å². The number of anilines is 1. The molecule has 2 rings (SSSR count). The first kappa shape index (κ1) is 19.6. The monoisotopic (exact) mass is 400 g/mol. The Kier molecular flexibility index (Phi) is 6.32. The van der Waals surface area contributed by atoms with E-state index in [9.17, 15) is 13.2 Å². The summed E-state index contributed by atoms with van der Waals surface area (Å²) in [4.78, 5) is 12.5. The van der Waals surface area contributed by atoms with Crippen molar-refractivity contribution in [3.05, 3.63) is 64.1 Å².